The lowest BCUT2D eigenvalue weighted by Gasteiger charge is -2.33. The van der Waals surface area contributed by atoms with Gasteiger partial charge < -0.3 is 19.7 Å². The summed E-state index contributed by atoms with van der Waals surface area (Å²) in [6, 6.07) is 14.8. The number of amides is 2. The van der Waals surface area contributed by atoms with E-state index in [4.69, 9.17) is 9.47 Å². The monoisotopic (exact) mass is 394 g/mol. The fraction of sp³-hybridized carbons (Fsp3) is 0.304. The van der Waals surface area contributed by atoms with Gasteiger partial charge in [-0.05, 0) is 44.5 Å². The summed E-state index contributed by atoms with van der Waals surface area (Å²) in [5.41, 5.74) is 2.20. The molecule has 1 aliphatic rings. The van der Waals surface area contributed by atoms with Gasteiger partial charge in [0.15, 0.2) is 6.10 Å². The molecule has 1 N–H and O–H groups in total. The van der Waals surface area contributed by atoms with Crippen LogP contribution in [0.25, 0.3) is 0 Å². The fourth-order valence-corrected chi connectivity index (χ4v) is 3.08. The highest BCUT2D eigenvalue weighted by Gasteiger charge is 2.31. The summed E-state index contributed by atoms with van der Waals surface area (Å²) >= 11 is 0. The Hall–Kier alpha value is -3.28. The van der Waals surface area contributed by atoms with E-state index in [9.17, 15) is 9.59 Å². The minimum atomic E-state index is -0.581. The minimum absolute atomic E-state index is 0.0969. The summed E-state index contributed by atoms with van der Waals surface area (Å²) in [6.45, 7) is 8.40. The van der Waals surface area contributed by atoms with Gasteiger partial charge in [-0.25, -0.2) is 0 Å². The summed E-state index contributed by atoms with van der Waals surface area (Å²) in [7, 11) is 0. The number of benzene rings is 2. The van der Waals surface area contributed by atoms with Crippen molar-refractivity contribution in [1.29, 1.82) is 0 Å². The summed E-state index contributed by atoms with van der Waals surface area (Å²) in [5.74, 6) is 1.17. The van der Waals surface area contributed by atoms with E-state index in [1.807, 2.05) is 37.3 Å². The summed E-state index contributed by atoms with van der Waals surface area (Å²) in [6.07, 6.45) is 0.379. The van der Waals surface area contributed by atoms with Gasteiger partial charge in [-0.3, -0.25) is 9.59 Å². The molecule has 0 spiro atoms. The van der Waals surface area contributed by atoms with Crippen molar-refractivity contribution < 1.29 is 19.1 Å². The predicted molar refractivity (Wildman–Crippen MR) is 113 cm³/mol. The Bertz CT molecular complexity index is 895. The van der Waals surface area contributed by atoms with Crippen LogP contribution in [0, 0.1) is 0 Å². The molecule has 29 heavy (non-hydrogen) atoms. The van der Waals surface area contributed by atoms with Crippen LogP contribution in [-0.2, 0) is 9.59 Å². The molecule has 1 atom stereocenters. The van der Waals surface area contributed by atoms with Crippen molar-refractivity contribution in [2.24, 2.45) is 0 Å². The Balaban J connectivity index is 1.56. The molecule has 152 valence electrons. The van der Waals surface area contributed by atoms with E-state index < -0.39 is 6.10 Å². The number of rotatable bonds is 8. The predicted octanol–water partition coefficient (Wildman–Crippen LogP) is 4.17. The van der Waals surface area contributed by atoms with Crippen molar-refractivity contribution in [2.45, 2.75) is 32.8 Å². The van der Waals surface area contributed by atoms with Crippen molar-refractivity contribution in [2.75, 3.05) is 23.4 Å². The van der Waals surface area contributed by atoms with E-state index in [-0.39, 0.29) is 11.8 Å². The van der Waals surface area contributed by atoms with Crippen LogP contribution in [0.5, 0.6) is 11.5 Å². The van der Waals surface area contributed by atoms with Crippen LogP contribution < -0.4 is 19.7 Å². The zero-order chi connectivity index (χ0) is 20.8. The molecule has 0 bridgehead atoms. The average molecular weight is 394 g/mol. The average Bonchev–Trinajstić information content (AvgIpc) is 2.69. The van der Waals surface area contributed by atoms with Gasteiger partial charge in [0, 0.05) is 24.7 Å². The molecule has 6 heteroatoms. The molecule has 0 radical (unpaired) electrons. The summed E-state index contributed by atoms with van der Waals surface area (Å²) in [5, 5.41) is 2.88. The van der Waals surface area contributed by atoms with Crippen molar-refractivity contribution in [3.63, 3.8) is 0 Å². The Morgan fingerprint density at radius 2 is 2.00 bits per heavy atom. The number of para-hydroxylation sites is 1. The van der Waals surface area contributed by atoms with Gasteiger partial charge in [0.05, 0.1) is 12.3 Å². The lowest BCUT2D eigenvalue weighted by molar-refractivity contribution is -0.125. The first-order valence-corrected chi connectivity index (χ1v) is 9.68. The summed E-state index contributed by atoms with van der Waals surface area (Å²) in [4.78, 5) is 26.3. The van der Waals surface area contributed by atoms with Gasteiger partial charge in [0.1, 0.15) is 11.5 Å². The molecule has 0 aromatic heterocycles. The van der Waals surface area contributed by atoms with E-state index in [1.165, 1.54) is 0 Å². The number of hydrogen-bond donors (Lipinski definition) is 1. The molecule has 1 heterocycles. The van der Waals surface area contributed by atoms with Crippen molar-refractivity contribution in [3.8, 4) is 11.5 Å². The molecular formula is C23H26N2O4. The number of carbonyl (C=O) groups excluding carboxylic acids is 2. The molecule has 0 aliphatic carbocycles. The molecule has 2 amide bonds. The normalized spacial score (nSPS) is 15.3. The molecule has 6 nitrogen and oxygen atoms in total. The van der Waals surface area contributed by atoms with E-state index in [2.05, 4.69) is 11.9 Å². The molecule has 3 rings (SSSR count). The third-order valence-electron chi connectivity index (χ3n) is 4.44. The highest BCUT2D eigenvalue weighted by atomic mass is 16.5. The van der Waals surface area contributed by atoms with E-state index in [0.717, 1.165) is 11.3 Å². The highest BCUT2D eigenvalue weighted by molar-refractivity contribution is 6.01. The number of hydrogen-bond acceptors (Lipinski definition) is 4. The summed E-state index contributed by atoms with van der Waals surface area (Å²) < 4.78 is 11.3. The minimum Gasteiger partial charge on any atom is -0.494 e. The smallest absolute Gasteiger partial charge is 0.268 e. The van der Waals surface area contributed by atoms with Gasteiger partial charge in [-0.1, -0.05) is 30.4 Å². The zero-order valence-corrected chi connectivity index (χ0v) is 16.8. The van der Waals surface area contributed by atoms with Gasteiger partial charge in [-0.2, -0.15) is 0 Å². The number of anilines is 2. The van der Waals surface area contributed by atoms with Crippen molar-refractivity contribution >= 4 is 23.2 Å². The largest absolute Gasteiger partial charge is 0.494 e. The molecule has 1 aliphatic heterocycles. The fourth-order valence-electron chi connectivity index (χ4n) is 3.08. The van der Waals surface area contributed by atoms with Crippen LogP contribution in [-0.4, -0.2) is 31.1 Å². The third kappa shape index (κ3) is 5.38. The van der Waals surface area contributed by atoms with Crippen LogP contribution in [0.2, 0.25) is 0 Å². The van der Waals surface area contributed by atoms with Gasteiger partial charge >= 0.3 is 0 Å². The molecule has 2 aromatic rings. The van der Waals surface area contributed by atoms with Crippen LogP contribution in [0.4, 0.5) is 11.4 Å². The SMILES string of the molecule is C=C(C)CN1C(=O)C(C)Oc2cc(NC(=O)CCCOc3ccccc3)ccc21. The molecule has 0 saturated carbocycles. The van der Waals surface area contributed by atoms with Crippen molar-refractivity contribution in [3.05, 3.63) is 60.7 Å². The lowest BCUT2D eigenvalue weighted by Crippen LogP contribution is -2.45. The molecule has 2 aromatic carbocycles. The maximum absolute atomic E-state index is 12.4. The number of ether oxygens (including phenoxy) is 2. The third-order valence-corrected chi connectivity index (χ3v) is 4.44. The van der Waals surface area contributed by atoms with Crippen LogP contribution in [0.15, 0.2) is 60.7 Å². The molecular weight excluding hydrogens is 368 g/mol. The Morgan fingerprint density at radius 1 is 1.24 bits per heavy atom. The topological polar surface area (TPSA) is 67.9 Å². The maximum Gasteiger partial charge on any atom is 0.268 e. The van der Waals surface area contributed by atoms with Gasteiger partial charge in [0.25, 0.3) is 5.91 Å². The standard InChI is InChI=1S/C23H26N2O4/c1-16(2)15-25-20-12-11-18(14-21(20)29-17(3)23(25)27)24-22(26)10-7-13-28-19-8-5-4-6-9-19/h4-6,8-9,11-12,14,17H,1,7,10,13,15H2,2-3H3,(H,24,26). The second-order valence-electron chi connectivity index (χ2n) is 7.14. The van der Waals surface area contributed by atoms with E-state index in [1.54, 1.807) is 30.0 Å². The number of nitrogens with one attached hydrogen (secondary N) is 1. The Labute approximate surface area is 171 Å². The lowest BCUT2D eigenvalue weighted by atomic mass is 10.1. The van der Waals surface area contributed by atoms with Crippen LogP contribution in [0.3, 0.4) is 0 Å². The second-order valence-corrected chi connectivity index (χ2v) is 7.14. The molecule has 0 saturated heterocycles. The van der Waals surface area contributed by atoms with Crippen LogP contribution in [0.1, 0.15) is 26.7 Å². The first kappa shape index (κ1) is 20.5. The quantitative estimate of drug-likeness (QED) is 0.539. The first-order valence-electron chi connectivity index (χ1n) is 9.68. The second kappa shape index (κ2) is 9.28. The van der Waals surface area contributed by atoms with E-state index in [0.29, 0.717) is 43.1 Å². The van der Waals surface area contributed by atoms with Gasteiger partial charge in [0.2, 0.25) is 5.91 Å². The Morgan fingerprint density at radius 3 is 2.72 bits per heavy atom. The number of fused-ring (bicyclic) bond motifs is 1. The van der Waals surface area contributed by atoms with Gasteiger partial charge in [-0.15, -0.1) is 0 Å². The Kier molecular flexibility index (Phi) is 6.54. The highest BCUT2D eigenvalue weighted by Crippen LogP contribution is 2.36. The number of nitrogens with zero attached hydrogens (tertiary/aromatic N) is 1. The first-order chi connectivity index (χ1) is 13.9. The van der Waals surface area contributed by atoms with Crippen LogP contribution >= 0.6 is 0 Å². The van der Waals surface area contributed by atoms with Crippen molar-refractivity contribution in [1.82, 2.24) is 0 Å². The number of carbonyl (C=O) groups is 2. The van der Waals surface area contributed by atoms with E-state index >= 15 is 0 Å². The molecule has 1 unspecified atom stereocenters. The zero-order valence-electron chi connectivity index (χ0n) is 16.8. The molecule has 0 fully saturated rings. The maximum atomic E-state index is 12.4.